The highest BCUT2D eigenvalue weighted by atomic mass is 16.6. The molecule has 1 heterocycles. The first-order valence-electron chi connectivity index (χ1n) is 5.61. The van der Waals surface area contributed by atoms with Crippen LogP contribution in [0.1, 0.15) is 24.6 Å². The van der Waals surface area contributed by atoms with Gasteiger partial charge in [-0.15, -0.1) is 13.2 Å². The van der Waals surface area contributed by atoms with Crippen molar-refractivity contribution in [3.63, 3.8) is 0 Å². The number of allylic oxidation sites excluding steroid dienone is 1. The first-order valence-corrected chi connectivity index (χ1v) is 5.61. The van der Waals surface area contributed by atoms with Gasteiger partial charge in [0, 0.05) is 7.05 Å². The van der Waals surface area contributed by atoms with Gasteiger partial charge in [-0.25, -0.2) is 0 Å². The fraction of sp³-hybridized carbons (Fsp3) is 0.417. The maximum absolute atomic E-state index is 10.9. The first kappa shape index (κ1) is 14.1. The predicted molar refractivity (Wildman–Crippen MR) is 68.2 cm³/mol. The predicted octanol–water partition coefficient (Wildman–Crippen LogP) is 2.54. The summed E-state index contributed by atoms with van der Waals surface area (Å²) in [5.41, 5.74) is 0.458. The molecule has 0 aromatic carbocycles. The Bertz CT molecular complexity index is 428. The topological polar surface area (TPSA) is 70.2 Å². The van der Waals surface area contributed by atoms with Gasteiger partial charge in [-0.1, -0.05) is 12.2 Å². The number of rotatable bonds is 8. The largest absolute Gasteiger partial charge is 0.368 e. The second kappa shape index (κ2) is 6.70. The van der Waals surface area contributed by atoms with Crippen LogP contribution in [0.25, 0.3) is 0 Å². The van der Waals surface area contributed by atoms with Gasteiger partial charge >= 0.3 is 5.69 Å². The third-order valence-electron chi connectivity index (χ3n) is 2.51. The van der Waals surface area contributed by atoms with Crippen molar-refractivity contribution in [2.75, 3.05) is 6.61 Å². The molecular weight excluding hydrogens is 234 g/mol. The second-order valence-electron chi connectivity index (χ2n) is 3.77. The van der Waals surface area contributed by atoms with Crippen LogP contribution in [0.3, 0.4) is 0 Å². The molecule has 0 N–H and O–H groups in total. The molecule has 0 radical (unpaired) electrons. The Labute approximate surface area is 106 Å². The molecule has 0 saturated carbocycles. The summed E-state index contributed by atoms with van der Waals surface area (Å²) >= 11 is 0. The summed E-state index contributed by atoms with van der Waals surface area (Å²) in [5.74, 6) is 0. The van der Waals surface area contributed by atoms with Gasteiger partial charge in [-0.2, -0.15) is 5.10 Å². The average Bonchev–Trinajstić information content (AvgIpc) is 2.72. The lowest BCUT2D eigenvalue weighted by Gasteiger charge is -2.16. The molecule has 98 valence electrons. The number of nitro groups is 1. The molecule has 0 fully saturated rings. The van der Waals surface area contributed by atoms with E-state index in [1.54, 1.807) is 19.2 Å². The third-order valence-corrected chi connectivity index (χ3v) is 2.51. The summed E-state index contributed by atoms with van der Waals surface area (Å²) in [5, 5.41) is 14.9. The van der Waals surface area contributed by atoms with Crippen LogP contribution in [0.5, 0.6) is 0 Å². The summed E-state index contributed by atoms with van der Waals surface area (Å²) in [6, 6.07) is 0. The van der Waals surface area contributed by atoms with Gasteiger partial charge in [0.25, 0.3) is 0 Å². The third kappa shape index (κ3) is 3.27. The Kier molecular flexibility index (Phi) is 5.26. The van der Waals surface area contributed by atoms with E-state index in [1.807, 2.05) is 0 Å². The number of aryl methyl sites for hydroxylation is 1. The summed E-state index contributed by atoms with van der Waals surface area (Å²) in [6.07, 6.45) is 5.57. The van der Waals surface area contributed by atoms with Crippen molar-refractivity contribution >= 4 is 5.69 Å². The zero-order valence-corrected chi connectivity index (χ0v) is 10.4. The molecule has 0 aliphatic carbocycles. The molecular formula is C12H17N3O3. The van der Waals surface area contributed by atoms with E-state index in [2.05, 4.69) is 18.3 Å². The molecule has 6 nitrogen and oxygen atoms in total. The number of hydrogen-bond donors (Lipinski definition) is 0. The highest BCUT2D eigenvalue weighted by Gasteiger charge is 2.26. The van der Waals surface area contributed by atoms with Crippen LogP contribution in [-0.4, -0.2) is 21.3 Å². The van der Waals surface area contributed by atoms with Gasteiger partial charge in [-0.05, 0) is 12.8 Å². The molecule has 0 aliphatic heterocycles. The van der Waals surface area contributed by atoms with Gasteiger partial charge < -0.3 is 4.74 Å². The Morgan fingerprint density at radius 1 is 1.61 bits per heavy atom. The molecule has 0 spiro atoms. The van der Waals surface area contributed by atoms with E-state index in [-0.39, 0.29) is 11.8 Å². The van der Waals surface area contributed by atoms with Crippen LogP contribution >= 0.6 is 0 Å². The zero-order chi connectivity index (χ0) is 13.5. The summed E-state index contributed by atoms with van der Waals surface area (Å²) in [7, 11) is 1.67. The van der Waals surface area contributed by atoms with Gasteiger partial charge in [0.1, 0.15) is 18.0 Å². The standard InChI is InChI=1S/C12H17N3O3/c1-4-6-7-11(18-8-5-2)12-10(15(16)17)9-13-14(12)3/h4-5,9,11H,1-2,6-8H2,3H3/t11-/m1/s1. The normalized spacial score (nSPS) is 12.1. The molecule has 1 aromatic rings. The van der Waals surface area contributed by atoms with Crippen LogP contribution in [0.15, 0.2) is 31.5 Å². The number of nitrogens with zero attached hydrogens (tertiary/aromatic N) is 3. The molecule has 0 saturated heterocycles. The lowest BCUT2D eigenvalue weighted by molar-refractivity contribution is -0.386. The van der Waals surface area contributed by atoms with E-state index in [1.165, 1.54) is 10.9 Å². The maximum atomic E-state index is 10.9. The summed E-state index contributed by atoms with van der Waals surface area (Å²) < 4.78 is 7.06. The van der Waals surface area contributed by atoms with Crippen LogP contribution in [-0.2, 0) is 11.8 Å². The molecule has 1 atom stereocenters. The van der Waals surface area contributed by atoms with Gasteiger partial charge in [0.15, 0.2) is 0 Å². The van der Waals surface area contributed by atoms with Crippen LogP contribution in [0.4, 0.5) is 5.69 Å². The highest BCUT2D eigenvalue weighted by molar-refractivity contribution is 5.34. The molecule has 0 bridgehead atoms. The number of aromatic nitrogens is 2. The van der Waals surface area contributed by atoms with Crippen LogP contribution in [0, 0.1) is 10.1 Å². The van der Waals surface area contributed by atoms with Crippen LogP contribution < -0.4 is 0 Å². The fourth-order valence-corrected chi connectivity index (χ4v) is 1.70. The minimum Gasteiger partial charge on any atom is -0.368 e. The Balaban J connectivity index is 3.01. The quantitative estimate of drug-likeness (QED) is 0.404. The molecule has 1 rings (SSSR count). The van der Waals surface area contributed by atoms with Gasteiger partial charge in [0.05, 0.1) is 11.5 Å². The number of hydrogen-bond acceptors (Lipinski definition) is 4. The van der Waals surface area contributed by atoms with E-state index in [4.69, 9.17) is 4.74 Å². The lowest BCUT2D eigenvalue weighted by Crippen LogP contribution is -2.11. The second-order valence-corrected chi connectivity index (χ2v) is 3.77. The zero-order valence-electron chi connectivity index (χ0n) is 10.4. The van der Waals surface area contributed by atoms with Crippen molar-refractivity contribution in [3.8, 4) is 0 Å². The van der Waals surface area contributed by atoms with Crippen molar-refractivity contribution in [2.45, 2.75) is 18.9 Å². The lowest BCUT2D eigenvalue weighted by atomic mass is 10.1. The SMILES string of the molecule is C=CCC[C@@H](OCC=C)c1c([N+](=O)[O-])cnn1C. The van der Waals surface area contributed by atoms with Crippen molar-refractivity contribution in [1.82, 2.24) is 9.78 Å². The summed E-state index contributed by atoms with van der Waals surface area (Å²) in [4.78, 5) is 10.5. The molecule has 0 aliphatic rings. The van der Waals surface area contributed by atoms with Crippen molar-refractivity contribution in [3.05, 3.63) is 47.3 Å². The van der Waals surface area contributed by atoms with Gasteiger partial charge in [-0.3, -0.25) is 14.8 Å². The molecule has 0 unspecified atom stereocenters. The first-order chi connectivity index (χ1) is 8.61. The molecule has 1 aromatic heterocycles. The Hall–Kier alpha value is -1.95. The van der Waals surface area contributed by atoms with E-state index in [0.29, 0.717) is 25.1 Å². The summed E-state index contributed by atoms with van der Waals surface area (Å²) in [6.45, 7) is 7.55. The Morgan fingerprint density at radius 3 is 2.89 bits per heavy atom. The highest BCUT2D eigenvalue weighted by Crippen LogP contribution is 2.30. The van der Waals surface area contributed by atoms with E-state index < -0.39 is 4.92 Å². The fourth-order valence-electron chi connectivity index (χ4n) is 1.70. The van der Waals surface area contributed by atoms with Gasteiger partial charge in [0.2, 0.25) is 0 Å². The molecule has 6 heteroatoms. The van der Waals surface area contributed by atoms with Crippen molar-refractivity contribution < 1.29 is 9.66 Å². The molecule has 0 amide bonds. The van der Waals surface area contributed by atoms with E-state index >= 15 is 0 Å². The van der Waals surface area contributed by atoms with E-state index in [0.717, 1.165) is 0 Å². The Morgan fingerprint density at radius 2 is 2.33 bits per heavy atom. The monoisotopic (exact) mass is 251 g/mol. The van der Waals surface area contributed by atoms with E-state index in [9.17, 15) is 10.1 Å². The smallest absolute Gasteiger partial charge is 0.312 e. The average molecular weight is 251 g/mol. The minimum atomic E-state index is -0.444. The van der Waals surface area contributed by atoms with Crippen molar-refractivity contribution in [2.24, 2.45) is 7.05 Å². The molecule has 18 heavy (non-hydrogen) atoms. The van der Waals surface area contributed by atoms with Crippen LogP contribution in [0.2, 0.25) is 0 Å². The minimum absolute atomic E-state index is 0.0179. The maximum Gasteiger partial charge on any atom is 0.312 e. The number of ether oxygens (including phenoxy) is 1. The van der Waals surface area contributed by atoms with Crippen molar-refractivity contribution in [1.29, 1.82) is 0 Å².